The van der Waals surface area contributed by atoms with Crippen LogP contribution in [0.3, 0.4) is 0 Å². The maximum Gasteiger partial charge on any atom is 0.405 e. The summed E-state index contributed by atoms with van der Waals surface area (Å²) in [6.07, 6.45) is -2.28. The first kappa shape index (κ1) is 17.3. The monoisotopic (exact) mass is 378 g/mol. The zero-order valence-corrected chi connectivity index (χ0v) is 13.6. The van der Waals surface area contributed by atoms with Gasteiger partial charge in [0.1, 0.15) is 6.04 Å². The Morgan fingerprint density at radius 2 is 1.91 bits per heavy atom. The minimum absolute atomic E-state index is 0.000306. The highest BCUT2D eigenvalue weighted by molar-refractivity contribution is 9.10. The van der Waals surface area contributed by atoms with E-state index < -0.39 is 12.2 Å². The molecule has 1 saturated heterocycles. The Balaban J connectivity index is 1.81. The predicted octanol–water partition coefficient (Wildman–Crippen LogP) is 3.83. The third kappa shape index (κ3) is 4.98. The van der Waals surface area contributed by atoms with Gasteiger partial charge < -0.3 is 0 Å². The second kappa shape index (κ2) is 7.46. The average Bonchev–Trinajstić information content (AvgIpc) is 2.85. The number of alkyl halides is 3. The molecule has 1 heterocycles. The molecule has 0 aliphatic carbocycles. The summed E-state index contributed by atoms with van der Waals surface area (Å²) in [7, 11) is 0. The van der Waals surface area contributed by atoms with Crippen molar-refractivity contribution >= 4 is 21.8 Å². The van der Waals surface area contributed by atoms with Gasteiger partial charge in [-0.25, -0.2) is 5.01 Å². The standard InChI is InChI=1S/C15H18BrF3N2O/c16-12-7-5-11(6-8-12)3-1-2-4-13(15(17,18)19)21-10-9-14(22)20-21/h5-8,13H,1-4,9-10H2,(H,20,22). The maximum absolute atomic E-state index is 13.1. The molecule has 0 spiro atoms. The Morgan fingerprint density at radius 3 is 2.45 bits per heavy atom. The topological polar surface area (TPSA) is 32.3 Å². The molecule has 1 atom stereocenters. The van der Waals surface area contributed by atoms with Crippen molar-refractivity contribution in [2.75, 3.05) is 6.54 Å². The molecule has 1 N–H and O–H groups in total. The predicted molar refractivity (Wildman–Crippen MR) is 81.0 cm³/mol. The molecule has 1 aromatic carbocycles. The summed E-state index contributed by atoms with van der Waals surface area (Å²) in [6, 6.07) is 6.18. The molecule has 1 aliphatic heterocycles. The average molecular weight is 379 g/mol. The number of hydrogen-bond acceptors (Lipinski definition) is 2. The molecule has 1 amide bonds. The number of halogens is 4. The molecular weight excluding hydrogens is 361 g/mol. The van der Waals surface area contributed by atoms with E-state index >= 15 is 0 Å². The Hall–Kier alpha value is -1.08. The van der Waals surface area contributed by atoms with Crippen molar-refractivity contribution in [3.63, 3.8) is 0 Å². The largest absolute Gasteiger partial charge is 0.405 e. The number of benzene rings is 1. The van der Waals surface area contributed by atoms with E-state index in [0.29, 0.717) is 12.8 Å². The lowest BCUT2D eigenvalue weighted by Crippen LogP contribution is -2.49. The van der Waals surface area contributed by atoms with Gasteiger partial charge in [0.15, 0.2) is 0 Å². The lowest BCUT2D eigenvalue weighted by Gasteiger charge is -2.28. The third-order valence-corrected chi connectivity index (χ3v) is 4.24. The molecular formula is C15H18BrF3N2O. The van der Waals surface area contributed by atoms with Crippen LogP contribution >= 0.6 is 15.9 Å². The van der Waals surface area contributed by atoms with Crippen molar-refractivity contribution in [1.29, 1.82) is 0 Å². The van der Waals surface area contributed by atoms with Gasteiger partial charge in [-0.15, -0.1) is 0 Å². The van der Waals surface area contributed by atoms with Gasteiger partial charge in [-0.2, -0.15) is 13.2 Å². The van der Waals surface area contributed by atoms with Crippen LogP contribution in [0.15, 0.2) is 28.7 Å². The molecule has 0 saturated carbocycles. The van der Waals surface area contributed by atoms with E-state index in [4.69, 9.17) is 0 Å². The van der Waals surface area contributed by atoms with Crippen molar-refractivity contribution in [2.45, 2.75) is 44.3 Å². The van der Waals surface area contributed by atoms with Gasteiger partial charge in [-0.05, 0) is 37.0 Å². The van der Waals surface area contributed by atoms with Crippen molar-refractivity contribution < 1.29 is 18.0 Å². The van der Waals surface area contributed by atoms with E-state index in [0.717, 1.165) is 21.5 Å². The number of aryl methyl sites for hydroxylation is 1. The van der Waals surface area contributed by atoms with Crippen LogP contribution in [0.1, 0.15) is 31.2 Å². The Morgan fingerprint density at radius 1 is 1.23 bits per heavy atom. The van der Waals surface area contributed by atoms with Crippen LogP contribution in [-0.2, 0) is 11.2 Å². The molecule has 0 bridgehead atoms. The molecule has 0 radical (unpaired) electrons. The van der Waals surface area contributed by atoms with Gasteiger partial charge in [0.05, 0.1) is 0 Å². The van der Waals surface area contributed by atoms with Crippen LogP contribution in [0.5, 0.6) is 0 Å². The third-order valence-electron chi connectivity index (χ3n) is 3.71. The summed E-state index contributed by atoms with van der Waals surface area (Å²) in [5.41, 5.74) is 3.41. The molecule has 7 heteroatoms. The minimum Gasteiger partial charge on any atom is -0.288 e. The van der Waals surface area contributed by atoms with Crippen molar-refractivity contribution in [1.82, 2.24) is 10.4 Å². The van der Waals surface area contributed by atoms with Crippen LogP contribution in [0, 0.1) is 0 Å². The first-order valence-corrected chi connectivity index (χ1v) is 8.03. The summed E-state index contributed by atoms with van der Waals surface area (Å²) in [5.74, 6) is -0.343. The molecule has 22 heavy (non-hydrogen) atoms. The zero-order valence-electron chi connectivity index (χ0n) is 12.0. The minimum atomic E-state index is -4.32. The van der Waals surface area contributed by atoms with Crippen LogP contribution in [0.25, 0.3) is 0 Å². The van der Waals surface area contributed by atoms with Crippen LogP contribution < -0.4 is 5.43 Å². The highest BCUT2D eigenvalue weighted by Gasteiger charge is 2.45. The van der Waals surface area contributed by atoms with E-state index in [1.54, 1.807) is 0 Å². The van der Waals surface area contributed by atoms with Crippen LogP contribution in [0.2, 0.25) is 0 Å². The lowest BCUT2D eigenvalue weighted by atomic mass is 10.0. The number of hydrazine groups is 1. The van der Waals surface area contributed by atoms with Gasteiger partial charge in [-0.1, -0.05) is 34.5 Å². The number of amides is 1. The highest BCUT2D eigenvalue weighted by Crippen LogP contribution is 2.29. The van der Waals surface area contributed by atoms with E-state index in [1.807, 2.05) is 24.3 Å². The lowest BCUT2D eigenvalue weighted by molar-refractivity contribution is -0.190. The zero-order chi connectivity index (χ0) is 16.2. The summed E-state index contributed by atoms with van der Waals surface area (Å²) >= 11 is 3.35. The number of nitrogens with one attached hydrogen (secondary N) is 1. The summed E-state index contributed by atoms with van der Waals surface area (Å²) in [6.45, 7) is 0.121. The molecule has 1 unspecified atom stereocenters. The second-order valence-electron chi connectivity index (χ2n) is 5.41. The van der Waals surface area contributed by atoms with Gasteiger partial charge in [0.2, 0.25) is 5.91 Å². The normalized spacial score (nSPS) is 17.5. The van der Waals surface area contributed by atoms with Gasteiger partial charge >= 0.3 is 6.18 Å². The van der Waals surface area contributed by atoms with Crippen molar-refractivity contribution in [2.24, 2.45) is 0 Å². The summed E-state index contributed by atoms with van der Waals surface area (Å²) in [5, 5.41) is 1.03. The smallest absolute Gasteiger partial charge is 0.288 e. The maximum atomic E-state index is 13.1. The van der Waals surface area contributed by atoms with E-state index in [2.05, 4.69) is 21.4 Å². The van der Waals surface area contributed by atoms with Gasteiger partial charge in [-0.3, -0.25) is 10.2 Å². The molecule has 1 aromatic rings. The second-order valence-corrected chi connectivity index (χ2v) is 6.32. The van der Waals surface area contributed by atoms with Crippen LogP contribution in [0.4, 0.5) is 13.2 Å². The quantitative estimate of drug-likeness (QED) is 0.762. The van der Waals surface area contributed by atoms with Crippen molar-refractivity contribution in [3.05, 3.63) is 34.3 Å². The number of hydrogen-bond donors (Lipinski definition) is 1. The number of unbranched alkanes of at least 4 members (excludes halogenated alkanes) is 1. The molecule has 122 valence electrons. The number of carbonyl (C=O) groups excluding carboxylic acids is 1. The summed E-state index contributed by atoms with van der Waals surface area (Å²) in [4.78, 5) is 11.1. The highest BCUT2D eigenvalue weighted by atomic mass is 79.9. The SMILES string of the molecule is O=C1CCN(C(CCCCc2ccc(Br)cc2)C(F)(F)F)N1. The number of carbonyl (C=O) groups is 1. The first-order chi connectivity index (χ1) is 10.4. The van der Waals surface area contributed by atoms with E-state index in [1.165, 1.54) is 0 Å². The van der Waals surface area contributed by atoms with Crippen LogP contribution in [-0.4, -0.2) is 29.7 Å². The van der Waals surface area contributed by atoms with Gasteiger partial charge in [0, 0.05) is 17.4 Å². The molecule has 0 aromatic heterocycles. The summed E-state index contributed by atoms with van der Waals surface area (Å²) < 4.78 is 40.3. The van der Waals surface area contributed by atoms with E-state index in [9.17, 15) is 18.0 Å². The number of rotatable bonds is 6. The van der Waals surface area contributed by atoms with Crippen molar-refractivity contribution in [3.8, 4) is 0 Å². The Labute approximate surface area is 136 Å². The first-order valence-electron chi connectivity index (χ1n) is 7.23. The fourth-order valence-corrected chi connectivity index (χ4v) is 2.81. The molecule has 1 fully saturated rings. The molecule has 1 aliphatic rings. The van der Waals surface area contributed by atoms with Gasteiger partial charge in [0.25, 0.3) is 0 Å². The fraction of sp³-hybridized carbons (Fsp3) is 0.533. The van der Waals surface area contributed by atoms with E-state index in [-0.39, 0.29) is 25.3 Å². The number of nitrogens with zero attached hydrogens (tertiary/aromatic N) is 1. The molecule has 2 rings (SSSR count). The molecule has 3 nitrogen and oxygen atoms in total. The Bertz CT molecular complexity index is 505. The Kier molecular flexibility index (Phi) is 5.86. The fourth-order valence-electron chi connectivity index (χ4n) is 2.54.